The number of rotatable bonds is 13. The molecule has 18 heteroatoms. The summed E-state index contributed by atoms with van der Waals surface area (Å²) in [5, 5.41) is 6.77. The summed E-state index contributed by atoms with van der Waals surface area (Å²) in [4.78, 5) is 80.3. The Bertz CT molecular complexity index is 2600. The normalized spacial score (nSPS) is 21.8. The van der Waals surface area contributed by atoms with E-state index in [1.165, 1.54) is 4.90 Å². The number of ether oxygens (including phenoxy) is 2. The summed E-state index contributed by atoms with van der Waals surface area (Å²) in [5.74, 6) is -0.568. The maximum absolute atomic E-state index is 16.1. The average molecular weight is 912 g/mol. The summed E-state index contributed by atoms with van der Waals surface area (Å²) >= 11 is 6.60. The summed E-state index contributed by atoms with van der Waals surface area (Å²) in [6.07, 6.45) is 6.23. The zero-order chi connectivity index (χ0) is 45.7. The van der Waals surface area contributed by atoms with E-state index in [0.717, 1.165) is 62.8 Å². The lowest BCUT2D eigenvalue weighted by Gasteiger charge is -2.47. The zero-order valence-corrected chi connectivity index (χ0v) is 38.0. The van der Waals surface area contributed by atoms with Crippen molar-refractivity contribution in [3.63, 3.8) is 0 Å². The zero-order valence-electron chi connectivity index (χ0n) is 37.2. The number of piperidine rings is 2. The Morgan fingerprint density at radius 2 is 1.74 bits per heavy atom. The molecule has 4 fully saturated rings. The summed E-state index contributed by atoms with van der Waals surface area (Å²) in [6, 6.07) is 8.57. The minimum atomic E-state index is -0.787. The van der Waals surface area contributed by atoms with E-state index in [4.69, 9.17) is 26.1 Å². The number of imide groups is 1. The number of aryl methyl sites for hydroxylation is 1. The first-order chi connectivity index (χ1) is 31.3. The Hall–Kier alpha value is -5.65. The average Bonchev–Trinajstić information content (AvgIpc) is 3.63. The predicted molar refractivity (Wildman–Crippen MR) is 244 cm³/mol. The highest BCUT2D eigenvalue weighted by molar-refractivity contribution is 6.33. The van der Waals surface area contributed by atoms with Gasteiger partial charge in [-0.3, -0.25) is 34.2 Å². The fourth-order valence-corrected chi connectivity index (χ4v) is 10.0. The molecule has 5 aliphatic rings. The molecule has 1 saturated carbocycles. The largest absolute Gasteiger partial charge is 0.480 e. The number of carbonyl (C=O) groups is 4. The Morgan fingerprint density at radius 3 is 2.45 bits per heavy atom. The number of ketones is 1. The van der Waals surface area contributed by atoms with Gasteiger partial charge in [0, 0.05) is 80.8 Å². The van der Waals surface area contributed by atoms with E-state index in [1.807, 2.05) is 39.0 Å². The van der Waals surface area contributed by atoms with E-state index in [-0.39, 0.29) is 73.1 Å². The van der Waals surface area contributed by atoms with Crippen LogP contribution < -0.4 is 30.7 Å². The quantitative estimate of drug-likeness (QED) is 0.157. The number of carbonyl (C=O) groups excluding carboxylic acids is 4. The number of nitrogens with one attached hydrogen (secondary N) is 2. The van der Waals surface area contributed by atoms with Crippen LogP contribution in [-0.4, -0.2) is 118 Å². The van der Waals surface area contributed by atoms with E-state index in [1.54, 1.807) is 29.8 Å². The Labute approximate surface area is 381 Å². The number of piperazine rings is 1. The molecule has 9 rings (SSSR count). The molecule has 4 aromatic rings. The standard InChI is InChI=1S/C47H55ClFN9O7/c1-5-31(59)25-64-39-20-28-19-29(6-7-36(28)58(26(2)3)45(39)62)51-43-35(48)23-50-47(53-43)56-12-10-32(11-13-56)65-33-21-30(22-33)54-14-16-55(17-15-54)38-18-27(4)41-34(42(38)49)24-57(46(41)63)37-8-9-40(60)52-44(37)61/h6-7,18-20,23,26,30,32-33,37H,5,8-17,21-22,24-25H2,1-4H3,(H,50,51,53)(H,52,60,61). The molecule has 4 aliphatic heterocycles. The smallest absolute Gasteiger partial charge is 0.293 e. The lowest BCUT2D eigenvalue weighted by molar-refractivity contribution is -0.137. The number of amides is 3. The van der Waals surface area contributed by atoms with Crippen LogP contribution in [-0.2, 0) is 25.7 Å². The van der Waals surface area contributed by atoms with E-state index < -0.39 is 17.8 Å². The third-order valence-corrected chi connectivity index (χ3v) is 13.9. The molecule has 2 aromatic heterocycles. The molecule has 0 spiro atoms. The summed E-state index contributed by atoms with van der Waals surface area (Å²) in [5.41, 5.74) is 3.00. The fourth-order valence-electron chi connectivity index (χ4n) is 9.88. The van der Waals surface area contributed by atoms with E-state index >= 15 is 4.39 Å². The van der Waals surface area contributed by atoms with Gasteiger partial charge < -0.3 is 34.1 Å². The number of pyridine rings is 1. The van der Waals surface area contributed by atoms with Crippen LogP contribution in [0, 0.1) is 12.7 Å². The van der Waals surface area contributed by atoms with Crippen LogP contribution in [0.5, 0.6) is 5.75 Å². The van der Waals surface area contributed by atoms with Crippen molar-refractivity contribution in [3.8, 4) is 5.75 Å². The maximum Gasteiger partial charge on any atom is 0.293 e. The molecule has 16 nitrogen and oxygen atoms in total. The molecule has 0 radical (unpaired) electrons. The monoisotopic (exact) mass is 911 g/mol. The van der Waals surface area contributed by atoms with Gasteiger partial charge in [-0.05, 0) is 88.8 Å². The van der Waals surface area contributed by atoms with Crippen molar-refractivity contribution in [2.75, 3.05) is 61.0 Å². The third kappa shape index (κ3) is 8.89. The van der Waals surface area contributed by atoms with Gasteiger partial charge in [-0.1, -0.05) is 18.5 Å². The van der Waals surface area contributed by atoms with Gasteiger partial charge in [0.05, 0.1) is 41.7 Å². The molecule has 0 bridgehead atoms. The second-order valence-corrected chi connectivity index (χ2v) is 18.5. The SMILES string of the molecule is CCC(=O)COc1cc2cc(Nc3nc(N4CCC(OC5CC(N6CCN(c7cc(C)c8c(c7F)CN(C7CCC(=O)NC7=O)C8=O)CC6)C5)CC4)ncc3Cl)ccc2n(C(C)C)c1=O. The van der Waals surface area contributed by atoms with E-state index in [0.29, 0.717) is 70.4 Å². The minimum absolute atomic E-state index is 0.0133. The van der Waals surface area contributed by atoms with Crippen LogP contribution in [0.25, 0.3) is 10.9 Å². The Kier molecular flexibility index (Phi) is 12.6. The van der Waals surface area contributed by atoms with Crippen LogP contribution in [0.4, 0.5) is 27.5 Å². The van der Waals surface area contributed by atoms with Crippen molar-refractivity contribution in [2.45, 2.75) is 110 Å². The number of Topliss-reactive ketones (excluding diaryl/α,β-unsaturated/α-hetero) is 1. The molecule has 344 valence electrons. The number of hydrogen-bond donors (Lipinski definition) is 2. The van der Waals surface area contributed by atoms with Crippen molar-refractivity contribution >= 4 is 69.1 Å². The minimum Gasteiger partial charge on any atom is -0.480 e. The van der Waals surface area contributed by atoms with Crippen LogP contribution in [0.2, 0.25) is 5.02 Å². The fraction of sp³-hybridized carbons (Fsp3) is 0.511. The van der Waals surface area contributed by atoms with Crippen LogP contribution in [0.15, 0.2) is 41.3 Å². The molecule has 65 heavy (non-hydrogen) atoms. The summed E-state index contributed by atoms with van der Waals surface area (Å²) in [6.45, 7) is 11.7. The van der Waals surface area contributed by atoms with Crippen molar-refractivity contribution in [1.82, 2.24) is 29.7 Å². The second-order valence-electron chi connectivity index (χ2n) is 18.1. The molecule has 3 saturated heterocycles. The molecular formula is C47H55ClFN9O7. The molecule has 2 N–H and O–H groups in total. The first-order valence-electron chi connectivity index (χ1n) is 22.8. The van der Waals surface area contributed by atoms with Crippen molar-refractivity contribution < 1.29 is 33.0 Å². The number of anilines is 4. The van der Waals surface area contributed by atoms with Gasteiger partial charge in [-0.2, -0.15) is 4.98 Å². The predicted octanol–water partition coefficient (Wildman–Crippen LogP) is 5.67. The molecule has 3 amide bonds. The topological polar surface area (TPSA) is 172 Å². The first-order valence-corrected chi connectivity index (χ1v) is 23.1. The molecule has 2 aromatic carbocycles. The summed E-state index contributed by atoms with van der Waals surface area (Å²) in [7, 11) is 0. The molecule has 1 unspecified atom stereocenters. The third-order valence-electron chi connectivity index (χ3n) is 13.6. The Balaban J connectivity index is 0.753. The van der Waals surface area contributed by atoms with Gasteiger partial charge >= 0.3 is 0 Å². The van der Waals surface area contributed by atoms with E-state index in [9.17, 15) is 24.0 Å². The number of hydrogen-bond acceptors (Lipinski definition) is 13. The maximum atomic E-state index is 16.1. The van der Waals surface area contributed by atoms with Crippen LogP contribution >= 0.6 is 11.6 Å². The molecule has 6 heterocycles. The van der Waals surface area contributed by atoms with E-state index in [2.05, 4.69) is 30.3 Å². The summed E-state index contributed by atoms with van der Waals surface area (Å²) < 4.78 is 30.1. The van der Waals surface area contributed by atoms with Crippen LogP contribution in [0.3, 0.4) is 0 Å². The first kappa shape index (κ1) is 44.5. The van der Waals surface area contributed by atoms with Gasteiger partial charge in [0.2, 0.25) is 17.8 Å². The van der Waals surface area contributed by atoms with Gasteiger partial charge in [-0.25, -0.2) is 9.37 Å². The molecule has 1 aliphatic carbocycles. The second kappa shape index (κ2) is 18.3. The lowest BCUT2D eigenvalue weighted by Crippen LogP contribution is -2.56. The number of nitrogens with zero attached hydrogens (tertiary/aromatic N) is 7. The van der Waals surface area contributed by atoms with Crippen molar-refractivity contribution in [2.24, 2.45) is 0 Å². The highest BCUT2D eigenvalue weighted by atomic mass is 35.5. The molecule has 1 atom stereocenters. The lowest BCUT2D eigenvalue weighted by atomic mass is 9.87. The Morgan fingerprint density at radius 1 is 0.985 bits per heavy atom. The number of halogens is 2. The van der Waals surface area contributed by atoms with Gasteiger partial charge in [0.25, 0.3) is 11.5 Å². The number of fused-ring (bicyclic) bond motifs is 2. The molecular weight excluding hydrogens is 857 g/mol. The van der Waals surface area contributed by atoms with Gasteiger partial charge in [-0.15, -0.1) is 0 Å². The van der Waals surface area contributed by atoms with Crippen molar-refractivity contribution in [1.29, 1.82) is 0 Å². The van der Waals surface area contributed by atoms with Gasteiger partial charge in [0.15, 0.2) is 23.2 Å². The number of benzene rings is 2. The van der Waals surface area contributed by atoms with Crippen molar-refractivity contribution in [3.05, 3.63) is 74.4 Å². The van der Waals surface area contributed by atoms with Crippen LogP contribution in [0.1, 0.15) is 93.2 Å². The highest BCUT2D eigenvalue weighted by Gasteiger charge is 2.43. The highest BCUT2D eigenvalue weighted by Crippen LogP contribution is 2.38. The number of aromatic nitrogens is 3. The van der Waals surface area contributed by atoms with Gasteiger partial charge in [0.1, 0.15) is 17.7 Å².